The number of hydrogen-bond donors (Lipinski definition) is 2. The van der Waals surface area contributed by atoms with Gasteiger partial charge in [0.15, 0.2) is 0 Å². The van der Waals surface area contributed by atoms with Crippen LogP contribution in [0.1, 0.15) is 19.8 Å². The van der Waals surface area contributed by atoms with Crippen molar-refractivity contribution in [3.8, 4) is 0 Å². The summed E-state index contributed by atoms with van der Waals surface area (Å²) < 4.78 is 4.66. The van der Waals surface area contributed by atoms with Crippen LogP contribution in [0.2, 0.25) is 0 Å². The van der Waals surface area contributed by atoms with E-state index in [1.165, 1.54) is 0 Å². The highest BCUT2D eigenvalue weighted by atomic mass is 16.6. The fourth-order valence-corrected chi connectivity index (χ4v) is 1.06. The Morgan fingerprint density at radius 2 is 2.50 bits per heavy atom. The molecule has 1 aliphatic rings. The summed E-state index contributed by atoms with van der Waals surface area (Å²) in [5.41, 5.74) is -0.504. The van der Waals surface area contributed by atoms with Crippen LogP contribution in [0.25, 0.3) is 0 Å². The van der Waals surface area contributed by atoms with Crippen LogP contribution in [-0.4, -0.2) is 29.3 Å². The quantitative estimate of drug-likeness (QED) is 0.645. The monoisotopic (exact) mass is 173 g/mol. The number of amides is 1. The van der Waals surface area contributed by atoms with Crippen molar-refractivity contribution in [1.82, 2.24) is 5.32 Å². The lowest BCUT2D eigenvalue weighted by atomic mass is 9.98. The molecule has 5 nitrogen and oxygen atoms in total. The van der Waals surface area contributed by atoms with E-state index in [0.29, 0.717) is 6.42 Å². The molecule has 0 radical (unpaired) electrons. The maximum atomic E-state index is 10.6. The highest BCUT2D eigenvalue weighted by molar-refractivity contribution is 5.71. The third-order valence-electron chi connectivity index (χ3n) is 1.82. The molecule has 0 aromatic heterocycles. The molecule has 1 unspecified atom stereocenters. The van der Waals surface area contributed by atoms with Gasteiger partial charge in [-0.2, -0.15) is 0 Å². The summed E-state index contributed by atoms with van der Waals surface area (Å²) in [6.45, 7) is 2.01. The molecule has 1 amide bonds. The molecule has 1 fully saturated rings. The van der Waals surface area contributed by atoms with E-state index in [1.807, 2.05) is 0 Å². The maximum absolute atomic E-state index is 10.6. The van der Waals surface area contributed by atoms with Crippen LogP contribution in [-0.2, 0) is 9.53 Å². The second-order valence-corrected chi connectivity index (χ2v) is 3.16. The first-order chi connectivity index (χ1) is 5.52. The van der Waals surface area contributed by atoms with E-state index >= 15 is 0 Å². The van der Waals surface area contributed by atoms with E-state index < -0.39 is 17.6 Å². The van der Waals surface area contributed by atoms with E-state index in [9.17, 15) is 9.59 Å². The largest absolute Gasteiger partial charge is 0.481 e. The molecule has 1 saturated heterocycles. The Bertz CT molecular complexity index is 215. The Labute approximate surface area is 69.7 Å². The van der Waals surface area contributed by atoms with Gasteiger partial charge in [0.25, 0.3) is 0 Å². The Morgan fingerprint density at radius 3 is 2.92 bits per heavy atom. The van der Waals surface area contributed by atoms with E-state index in [-0.39, 0.29) is 13.0 Å². The minimum Gasteiger partial charge on any atom is -0.481 e. The number of carboxylic acid groups (broad SMARTS) is 1. The second kappa shape index (κ2) is 3.00. The summed E-state index contributed by atoms with van der Waals surface area (Å²) in [4.78, 5) is 20.8. The third kappa shape index (κ3) is 2.11. The summed E-state index contributed by atoms with van der Waals surface area (Å²) in [5, 5.41) is 11.0. The zero-order valence-corrected chi connectivity index (χ0v) is 6.79. The Morgan fingerprint density at radius 1 is 1.83 bits per heavy atom. The number of aliphatic carboxylic acids is 1. The number of ether oxygens (including phenoxy) is 1. The topological polar surface area (TPSA) is 75.6 Å². The summed E-state index contributed by atoms with van der Waals surface area (Å²) >= 11 is 0. The van der Waals surface area contributed by atoms with Gasteiger partial charge in [0.1, 0.15) is 6.61 Å². The normalized spacial score (nSPS) is 27.9. The van der Waals surface area contributed by atoms with Gasteiger partial charge in [0.2, 0.25) is 0 Å². The molecule has 0 aliphatic carbocycles. The summed E-state index contributed by atoms with van der Waals surface area (Å²) in [7, 11) is 0. The fourth-order valence-electron chi connectivity index (χ4n) is 1.06. The molecule has 1 aliphatic heterocycles. The van der Waals surface area contributed by atoms with Crippen LogP contribution >= 0.6 is 0 Å². The number of rotatable bonds is 3. The molecule has 0 bridgehead atoms. The van der Waals surface area contributed by atoms with E-state index in [2.05, 4.69) is 10.1 Å². The molecule has 0 saturated carbocycles. The predicted molar refractivity (Wildman–Crippen MR) is 39.8 cm³/mol. The van der Waals surface area contributed by atoms with Crippen molar-refractivity contribution in [3.05, 3.63) is 0 Å². The molecule has 2 N–H and O–H groups in total. The van der Waals surface area contributed by atoms with E-state index in [4.69, 9.17) is 5.11 Å². The van der Waals surface area contributed by atoms with Crippen molar-refractivity contribution in [1.29, 1.82) is 0 Å². The third-order valence-corrected chi connectivity index (χ3v) is 1.82. The fraction of sp³-hybridized carbons (Fsp3) is 0.714. The van der Waals surface area contributed by atoms with Gasteiger partial charge < -0.3 is 15.2 Å². The number of carbonyl (C=O) groups excluding carboxylic acids is 1. The van der Waals surface area contributed by atoms with Crippen LogP contribution in [0.3, 0.4) is 0 Å². The number of cyclic esters (lactones) is 1. The lowest BCUT2D eigenvalue weighted by Crippen LogP contribution is -2.40. The average molecular weight is 173 g/mol. The number of nitrogens with one attached hydrogen (secondary N) is 1. The van der Waals surface area contributed by atoms with Gasteiger partial charge in [0.05, 0.1) is 5.54 Å². The van der Waals surface area contributed by atoms with Crippen molar-refractivity contribution in [3.63, 3.8) is 0 Å². The first-order valence-corrected chi connectivity index (χ1v) is 3.69. The number of hydrogen-bond acceptors (Lipinski definition) is 3. The molecule has 0 aromatic carbocycles. The van der Waals surface area contributed by atoms with E-state index in [0.717, 1.165) is 0 Å². The van der Waals surface area contributed by atoms with Crippen molar-refractivity contribution >= 4 is 12.1 Å². The van der Waals surface area contributed by atoms with Crippen molar-refractivity contribution in [2.75, 3.05) is 6.61 Å². The molecular formula is C7H11NO4. The van der Waals surface area contributed by atoms with Crippen molar-refractivity contribution < 1.29 is 19.4 Å². The molecule has 12 heavy (non-hydrogen) atoms. The predicted octanol–water partition coefficient (Wildman–Crippen LogP) is 0.350. The maximum Gasteiger partial charge on any atom is 0.407 e. The SMILES string of the molecule is CC1(CCC(=O)O)COC(=O)N1. The Hall–Kier alpha value is -1.26. The highest BCUT2D eigenvalue weighted by Crippen LogP contribution is 2.17. The molecular weight excluding hydrogens is 162 g/mol. The van der Waals surface area contributed by atoms with Crippen LogP contribution in [0.4, 0.5) is 4.79 Å². The minimum absolute atomic E-state index is 0.0418. The second-order valence-electron chi connectivity index (χ2n) is 3.16. The summed E-state index contributed by atoms with van der Waals surface area (Å²) in [5.74, 6) is -0.864. The first-order valence-electron chi connectivity index (χ1n) is 3.69. The van der Waals surface area contributed by atoms with Gasteiger partial charge in [-0.05, 0) is 13.3 Å². The van der Waals surface area contributed by atoms with Gasteiger partial charge >= 0.3 is 12.1 Å². The zero-order chi connectivity index (χ0) is 9.19. The molecule has 0 aromatic rings. The number of carboxylic acids is 1. The van der Waals surface area contributed by atoms with Crippen LogP contribution < -0.4 is 5.32 Å². The lowest BCUT2D eigenvalue weighted by molar-refractivity contribution is -0.137. The zero-order valence-electron chi connectivity index (χ0n) is 6.79. The van der Waals surface area contributed by atoms with Crippen LogP contribution in [0.5, 0.6) is 0 Å². The van der Waals surface area contributed by atoms with Crippen LogP contribution in [0, 0.1) is 0 Å². The standard InChI is InChI=1S/C7H11NO4/c1-7(3-2-5(9)10)4-12-6(11)8-7/h2-4H2,1H3,(H,8,11)(H,9,10). The number of carbonyl (C=O) groups is 2. The molecule has 1 heterocycles. The van der Waals surface area contributed by atoms with Gasteiger partial charge in [-0.25, -0.2) is 4.79 Å². The van der Waals surface area contributed by atoms with Gasteiger partial charge in [0, 0.05) is 6.42 Å². The van der Waals surface area contributed by atoms with Crippen LogP contribution in [0.15, 0.2) is 0 Å². The Balaban J connectivity index is 2.40. The summed E-state index contributed by atoms with van der Waals surface area (Å²) in [6, 6.07) is 0. The molecule has 1 atom stereocenters. The first kappa shape index (κ1) is 8.83. The van der Waals surface area contributed by atoms with Crippen molar-refractivity contribution in [2.24, 2.45) is 0 Å². The van der Waals surface area contributed by atoms with E-state index in [1.54, 1.807) is 6.92 Å². The highest BCUT2D eigenvalue weighted by Gasteiger charge is 2.34. The smallest absolute Gasteiger partial charge is 0.407 e. The number of alkyl carbamates (subject to hydrolysis) is 1. The lowest BCUT2D eigenvalue weighted by Gasteiger charge is -2.18. The molecule has 1 rings (SSSR count). The summed E-state index contributed by atoms with van der Waals surface area (Å²) in [6.07, 6.45) is -0.0308. The molecule has 5 heteroatoms. The van der Waals surface area contributed by atoms with Gasteiger partial charge in [-0.15, -0.1) is 0 Å². The Kier molecular flexibility index (Phi) is 2.21. The molecule has 0 spiro atoms. The van der Waals surface area contributed by atoms with Gasteiger partial charge in [-0.3, -0.25) is 4.79 Å². The van der Waals surface area contributed by atoms with Gasteiger partial charge in [-0.1, -0.05) is 0 Å². The minimum atomic E-state index is -0.864. The molecule has 68 valence electrons. The average Bonchev–Trinajstić information content (AvgIpc) is 2.29. The van der Waals surface area contributed by atoms with Crippen molar-refractivity contribution in [2.45, 2.75) is 25.3 Å².